The van der Waals surface area contributed by atoms with Crippen LogP contribution in [0.15, 0.2) is 22.7 Å². The first-order chi connectivity index (χ1) is 9.93. The highest BCUT2D eigenvalue weighted by Gasteiger charge is 2.41. The van der Waals surface area contributed by atoms with Crippen LogP contribution in [0.3, 0.4) is 0 Å². The van der Waals surface area contributed by atoms with Crippen LogP contribution in [0.25, 0.3) is 0 Å². The van der Waals surface area contributed by atoms with Crippen molar-refractivity contribution in [3.05, 3.63) is 28.5 Å². The van der Waals surface area contributed by atoms with Crippen LogP contribution in [0.5, 0.6) is 0 Å². The van der Waals surface area contributed by atoms with Crippen LogP contribution in [-0.4, -0.2) is 23.7 Å². The Morgan fingerprint density at radius 2 is 2.00 bits per heavy atom. The van der Waals surface area contributed by atoms with Crippen molar-refractivity contribution in [3.63, 3.8) is 0 Å². The monoisotopic (exact) mass is 358 g/mol. The lowest BCUT2D eigenvalue weighted by atomic mass is 9.86. The minimum absolute atomic E-state index is 0.0477. The van der Waals surface area contributed by atoms with Crippen LogP contribution in [0, 0.1) is 11.2 Å². The molecule has 0 radical (unpaired) electrons. The summed E-state index contributed by atoms with van der Waals surface area (Å²) >= 11 is 3.13. The number of amides is 2. The minimum atomic E-state index is -0.893. The van der Waals surface area contributed by atoms with Gasteiger partial charge in [-0.15, -0.1) is 0 Å². The van der Waals surface area contributed by atoms with Crippen molar-refractivity contribution in [2.24, 2.45) is 5.41 Å². The van der Waals surface area contributed by atoms with E-state index in [-0.39, 0.29) is 12.2 Å². The number of carboxylic acid groups (broad SMARTS) is 1. The number of anilines is 1. The van der Waals surface area contributed by atoms with E-state index in [1.807, 2.05) is 0 Å². The molecule has 0 heterocycles. The quantitative estimate of drug-likeness (QED) is 0.772. The highest BCUT2D eigenvalue weighted by Crippen LogP contribution is 2.37. The first kappa shape index (κ1) is 15.8. The SMILES string of the molecule is O=C(NCC1(C(=O)O)CCCC1)Nc1ccc(Br)cc1F. The van der Waals surface area contributed by atoms with Gasteiger partial charge in [-0.05, 0) is 31.0 Å². The van der Waals surface area contributed by atoms with E-state index in [2.05, 4.69) is 26.6 Å². The van der Waals surface area contributed by atoms with Crippen LogP contribution >= 0.6 is 15.9 Å². The molecule has 7 heteroatoms. The van der Waals surface area contributed by atoms with Crippen molar-refractivity contribution in [2.75, 3.05) is 11.9 Å². The predicted octanol–water partition coefficient (Wildman–Crippen LogP) is 3.35. The van der Waals surface area contributed by atoms with E-state index in [1.165, 1.54) is 12.1 Å². The number of rotatable bonds is 4. The Kier molecular flexibility index (Phi) is 4.82. The second-order valence-corrected chi connectivity index (χ2v) is 6.14. The van der Waals surface area contributed by atoms with Gasteiger partial charge in [0.2, 0.25) is 0 Å². The molecule has 3 N–H and O–H groups in total. The molecule has 1 aromatic rings. The van der Waals surface area contributed by atoms with Gasteiger partial charge in [-0.25, -0.2) is 9.18 Å². The Balaban J connectivity index is 1.94. The first-order valence-corrected chi connectivity index (χ1v) is 7.46. The Morgan fingerprint density at radius 3 is 2.57 bits per heavy atom. The van der Waals surface area contributed by atoms with Gasteiger partial charge >= 0.3 is 12.0 Å². The largest absolute Gasteiger partial charge is 0.481 e. The number of halogens is 2. The summed E-state index contributed by atoms with van der Waals surface area (Å²) in [7, 11) is 0. The molecule has 0 aromatic heterocycles. The molecular weight excluding hydrogens is 343 g/mol. The summed E-state index contributed by atoms with van der Waals surface area (Å²) in [5, 5.41) is 14.2. The fraction of sp³-hybridized carbons (Fsp3) is 0.429. The minimum Gasteiger partial charge on any atom is -0.481 e. The Labute approximate surface area is 130 Å². The van der Waals surface area contributed by atoms with Crippen molar-refractivity contribution in [1.29, 1.82) is 0 Å². The summed E-state index contributed by atoms with van der Waals surface area (Å²) in [5.41, 5.74) is -0.846. The maximum atomic E-state index is 13.6. The van der Waals surface area contributed by atoms with Gasteiger partial charge < -0.3 is 15.7 Å². The van der Waals surface area contributed by atoms with Crippen LogP contribution in [0.4, 0.5) is 14.9 Å². The average molecular weight is 359 g/mol. The van der Waals surface area contributed by atoms with Gasteiger partial charge in [-0.3, -0.25) is 4.79 Å². The number of carboxylic acids is 1. The normalized spacial score (nSPS) is 16.5. The molecule has 2 amide bonds. The van der Waals surface area contributed by atoms with E-state index in [4.69, 9.17) is 0 Å². The number of urea groups is 1. The summed E-state index contributed by atoms with van der Waals surface area (Å²) in [6, 6.07) is 3.67. The zero-order chi connectivity index (χ0) is 15.5. The lowest BCUT2D eigenvalue weighted by Gasteiger charge is -2.24. The van der Waals surface area contributed by atoms with E-state index in [1.54, 1.807) is 6.07 Å². The Hall–Kier alpha value is -1.63. The van der Waals surface area contributed by atoms with Gasteiger partial charge in [0.05, 0.1) is 11.1 Å². The highest BCUT2D eigenvalue weighted by molar-refractivity contribution is 9.10. The molecule has 0 atom stereocenters. The molecule has 114 valence electrons. The average Bonchev–Trinajstić information content (AvgIpc) is 2.90. The second-order valence-electron chi connectivity index (χ2n) is 5.22. The lowest BCUT2D eigenvalue weighted by molar-refractivity contribution is -0.148. The van der Waals surface area contributed by atoms with Crippen LogP contribution < -0.4 is 10.6 Å². The maximum absolute atomic E-state index is 13.6. The molecule has 1 aliphatic carbocycles. The molecule has 1 saturated carbocycles. The number of aliphatic carboxylic acids is 1. The number of nitrogens with one attached hydrogen (secondary N) is 2. The third-order valence-corrected chi connectivity index (χ3v) is 4.27. The summed E-state index contributed by atoms with van der Waals surface area (Å²) in [6.07, 6.45) is 2.79. The number of benzene rings is 1. The van der Waals surface area contributed by atoms with Crippen LogP contribution in [-0.2, 0) is 4.79 Å². The first-order valence-electron chi connectivity index (χ1n) is 6.66. The molecule has 0 aliphatic heterocycles. The summed E-state index contributed by atoms with van der Waals surface area (Å²) < 4.78 is 14.2. The van der Waals surface area contributed by atoms with Crippen molar-refractivity contribution < 1.29 is 19.1 Å². The maximum Gasteiger partial charge on any atom is 0.319 e. The molecule has 1 fully saturated rings. The Bertz CT molecular complexity index is 559. The van der Waals surface area contributed by atoms with Crippen molar-refractivity contribution in [3.8, 4) is 0 Å². The fourth-order valence-electron chi connectivity index (χ4n) is 2.52. The third kappa shape index (κ3) is 3.72. The van der Waals surface area contributed by atoms with E-state index in [0.717, 1.165) is 12.8 Å². The molecule has 0 unspecified atom stereocenters. The second kappa shape index (κ2) is 6.43. The van der Waals surface area contributed by atoms with Gasteiger partial charge in [0, 0.05) is 11.0 Å². The van der Waals surface area contributed by atoms with Gasteiger partial charge in [-0.2, -0.15) is 0 Å². The number of hydrogen-bond donors (Lipinski definition) is 3. The molecule has 0 spiro atoms. The summed E-state index contributed by atoms with van der Waals surface area (Å²) in [6.45, 7) is 0.0479. The molecule has 5 nitrogen and oxygen atoms in total. The smallest absolute Gasteiger partial charge is 0.319 e. The summed E-state index contributed by atoms with van der Waals surface area (Å²) in [4.78, 5) is 23.1. The van der Waals surface area contributed by atoms with E-state index < -0.39 is 23.2 Å². The topological polar surface area (TPSA) is 78.4 Å². The molecule has 1 aliphatic rings. The Morgan fingerprint density at radius 1 is 1.33 bits per heavy atom. The van der Waals surface area contributed by atoms with Crippen molar-refractivity contribution in [2.45, 2.75) is 25.7 Å². The van der Waals surface area contributed by atoms with Crippen molar-refractivity contribution >= 4 is 33.6 Å². The van der Waals surface area contributed by atoms with Gasteiger partial charge in [0.25, 0.3) is 0 Å². The lowest BCUT2D eigenvalue weighted by Crippen LogP contribution is -2.42. The molecule has 2 rings (SSSR count). The van der Waals surface area contributed by atoms with E-state index in [0.29, 0.717) is 17.3 Å². The van der Waals surface area contributed by atoms with Gasteiger partial charge in [0.1, 0.15) is 5.82 Å². The molecule has 0 saturated heterocycles. The third-order valence-electron chi connectivity index (χ3n) is 3.78. The molecule has 1 aromatic carbocycles. The number of carbonyl (C=O) groups is 2. The van der Waals surface area contributed by atoms with Gasteiger partial charge in [-0.1, -0.05) is 28.8 Å². The fourth-order valence-corrected chi connectivity index (χ4v) is 2.86. The molecular formula is C14H16BrFN2O3. The van der Waals surface area contributed by atoms with E-state index in [9.17, 15) is 19.1 Å². The zero-order valence-corrected chi connectivity index (χ0v) is 12.9. The summed E-state index contributed by atoms with van der Waals surface area (Å²) in [5.74, 6) is -1.46. The van der Waals surface area contributed by atoms with Crippen LogP contribution in [0.2, 0.25) is 0 Å². The van der Waals surface area contributed by atoms with E-state index >= 15 is 0 Å². The predicted molar refractivity (Wildman–Crippen MR) is 79.7 cm³/mol. The van der Waals surface area contributed by atoms with Crippen molar-refractivity contribution in [1.82, 2.24) is 5.32 Å². The standard InChI is InChI=1S/C14H16BrFN2O3/c15-9-3-4-11(10(16)7-9)18-13(21)17-8-14(12(19)20)5-1-2-6-14/h3-4,7H,1-2,5-6,8H2,(H,19,20)(H2,17,18,21). The van der Waals surface area contributed by atoms with Gasteiger partial charge in [0.15, 0.2) is 0 Å². The number of hydrogen-bond acceptors (Lipinski definition) is 2. The molecule has 21 heavy (non-hydrogen) atoms. The number of carbonyl (C=O) groups excluding carboxylic acids is 1. The zero-order valence-electron chi connectivity index (χ0n) is 11.3. The van der Waals surface area contributed by atoms with Crippen LogP contribution in [0.1, 0.15) is 25.7 Å². The highest BCUT2D eigenvalue weighted by atomic mass is 79.9. The molecule has 0 bridgehead atoms.